The molecule has 2 aromatic heterocycles. The van der Waals surface area contributed by atoms with E-state index in [1.165, 1.54) is 0 Å². The molecule has 22 heavy (non-hydrogen) atoms. The summed E-state index contributed by atoms with van der Waals surface area (Å²) in [4.78, 5) is 15.0. The van der Waals surface area contributed by atoms with Gasteiger partial charge in [-0.15, -0.1) is 0 Å². The van der Waals surface area contributed by atoms with Crippen molar-refractivity contribution in [2.75, 3.05) is 7.11 Å². The average molecular weight is 298 g/mol. The zero-order chi connectivity index (χ0) is 15.5. The number of nitrogens with one attached hydrogen (secondary N) is 2. The maximum Gasteiger partial charge on any atom is 0.252 e. The number of aromatic amines is 1. The van der Waals surface area contributed by atoms with Crippen LogP contribution in [0.4, 0.5) is 0 Å². The molecule has 0 saturated heterocycles. The molecule has 2 heterocycles. The van der Waals surface area contributed by atoms with E-state index in [9.17, 15) is 4.79 Å². The van der Waals surface area contributed by atoms with Crippen LogP contribution < -0.4 is 15.6 Å². The molecular formula is C17H18N2O3. The first kappa shape index (κ1) is 14.4. The molecule has 0 amide bonds. The highest BCUT2D eigenvalue weighted by molar-refractivity contribution is 5.80. The highest BCUT2D eigenvalue weighted by atomic mass is 16.5. The minimum Gasteiger partial charge on any atom is -0.497 e. The number of aromatic nitrogens is 1. The predicted octanol–water partition coefficient (Wildman–Crippen LogP) is 2.73. The first-order valence-corrected chi connectivity index (χ1v) is 7.12. The predicted molar refractivity (Wildman–Crippen MR) is 85.1 cm³/mol. The van der Waals surface area contributed by atoms with Crippen LogP contribution in [0.5, 0.6) is 5.75 Å². The molecule has 3 aromatic rings. The van der Waals surface area contributed by atoms with Crippen molar-refractivity contribution in [3.63, 3.8) is 0 Å². The molecule has 1 aromatic carbocycles. The van der Waals surface area contributed by atoms with Gasteiger partial charge in [0, 0.05) is 18.2 Å². The lowest BCUT2D eigenvalue weighted by molar-refractivity contribution is 0.415. The fraction of sp³-hybridized carbons (Fsp3) is 0.235. The molecule has 2 N–H and O–H groups in total. The number of aryl methyl sites for hydroxylation is 1. The molecule has 0 bridgehead atoms. The van der Waals surface area contributed by atoms with Crippen LogP contribution in [0.3, 0.4) is 0 Å². The minimum absolute atomic E-state index is 0.0936. The number of hydrogen-bond acceptors (Lipinski definition) is 4. The van der Waals surface area contributed by atoms with Crippen LogP contribution in [-0.2, 0) is 13.1 Å². The monoisotopic (exact) mass is 298 g/mol. The molecule has 0 aliphatic heterocycles. The number of ether oxygens (including phenoxy) is 1. The van der Waals surface area contributed by atoms with Crippen molar-refractivity contribution >= 4 is 10.9 Å². The Morgan fingerprint density at radius 3 is 2.77 bits per heavy atom. The van der Waals surface area contributed by atoms with Gasteiger partial charge >= 0.3 is 0 Å². The van der Waals surface area contributed by atoms with E-state index in [2.05, 4.69) is 10.3 Å². The summed E-state index contributed by atoms with van der Waals surface area (Å²) in [7, 11) is 1.61. The van der Waals surface area contributed by atoms with Gasteiger partial charge in [-0.2, -0.15) is 0 Å². The number of furan rings is 1. The van der Waals surface area contributed by atoms with Crippen LogP contribution >= 0.6 is 0 Å². The van der Waals surface area contributed by atoms with Gasteiger partial charge in [-0.05, 0) is 42.6 Å². The van der Waals surface area contributed by atoms with Gasteiger partial charge in [0.05, 0.1) is 19.2 Å². The molecule has 114 valence electrons. The Labute approximate surface area is 127 Å². The number of hydrogen-bond donors (Lipinski definition) is 2. The summed E-state index contributed by atoms with van der Waals surface area (Å²) in [5, 5.41) is 4.20. The van der Waals surface area contributed by atoms with Crippen molar-refractivity contribution in [2.24, 2.45) is 0 Å². The third-order valence-electron chi connectivity index (χ3n) is 3.54. The van der Waals surface area contributed by atoms with Gasteiger partial charge in [-0.1, -0.05) is 0 Å². The highest BCUT2D eigenvalue weighted by Gasteiger charge is 2.05. The molecule has 5 nitrogen and oxygen atoms in total. The van der Waals surface area contributed by atoms with Crippen LogP contribution in [0.25, 0.3) is 10.9 Å². The quantitative estimate of drug-likeness (QED) is 0.760. The van der Waals surface area contributed by atoms with E-state index in [4.69, 9.17) is 9.15 Å². The van der Waals surface area contributed by atoms with Crippen LogP contribution in [-0.4, -0.2) is 12.1 Å². The van der Waals surface area contributed by atoms with E-state index in [0.29, 0.717) is 18.7 Å². The number of benzene rings is 1. The Hall–Kier alpha value is -2.53. The third kappa shape index (κ3) is 3.04. The summed E-state index contributed by atoms with van der Waals surface area (Å²) in [6, 6.07) is 11.4. The molecule has 0 fully saturated rings. The fourth-order valence-corrected chi connectivity index (χ4v) is 2.38. The minimum atomic E-state index is -0.0936. The molecule has 0 unspecified atom stereocenters. The molecular weight excluding hydrogens is 280 g/mol. The van der Waals surface area contributed by atoms with E-state index < -0.39 is 0 Å². The van der Waals surface area contributed by atoms with E-state index in [-0.39, 0.29) is 5.56 Å². The smallest absolute Gasteiger partial charge is 0.252 e. The lowest BCUT2D eigenvalue weighted by Crippen LogP contribution is -2.20. The number of methoxy groups -OCH3 is 1. The summed E-state index contributed by atoms with van der Waals surface area (Å²) < 4.78 is 10.6. The number of H-pyrrole nitrogens is 1. The average Bonchev–Trinajstić information content (AvgIpc) is 2.92. The lowest BCUT2D eigenvalue weighted by atomic mass is 10.1. The van der Waals surface area contributed by atoms with E-state index in [1.54, 1.807) is 7.11 Å². The molecule has 5 heteroatoms. The Kier molecular flexibility index (Phi) is 3.98. The number of fused-ring (bicyclic) bond motifs is 1. The SMILES string of the molecule is COc1ccc2cc(CNCc3ccc(C)o3)c(=O)[nH]c2c1. The van der Waals surface area contributed by atoms with Crippen molar-refractivity contribution in [3.8, 4) is 5.75 Å². The second-order valence-corrected chi connectivity index (χ2v) is 5.19. The zero-order valence-electron chi connectivity index (χ0n) is 12.6. The van der Waals surface area contributed by atoms with Gasteiger partial charge in [0.2, 0.25) is 0 Å². The summed E-state index contributed by atoms with van der Waals surface area (Å²) in [6.45, 7) is 2.98. The first-order chi connectivity index (χ1) is 10.7. The van der Waals surface area contributed by atoms with Crippen molar-refractivity contribution in [2.45, 2.75) is 20.0 Å². The Morgan fingerprint density at radius 2 is 2.05 bits per heavy atom. The molecule has 0 aliphatic carbocycles. The second-order valence-electron chi connectivity index (χ2n) is 5.19. The molecule has 0 aliphatic rings. The Balaban J connectivity index is 1.76. The number of rotatable bonds is 5. The molecule has 3 rings (SSSR count). The van der Waals surface area contributed by atoms with Crippen molar-refractivity contribution in [3.05, 3.63) is 63.8 Å². The van der Waals surface area contributed by atoms with Gasteiger partial charge < -0.3 is 19.5 Å². The van der Waals surface area contributed by atoms with Crippen LogP contribution in [0.2, 0.25) is 0 Å². The summed E-state index contributed by atoms with van der Waals surface area (Å²) >= 11 is 0. The van der Waals surface area contributed by atoms with Gasteiger partial charge in [-0.25, -0.2) is 0 Å². The van der Waals surface area contributed by atoms with Crippen LogP contribution in [0.15, 0.2) is 45.6 Å². The maximum atomic E-state index is 12.1. The van der Waals surface area contributed by atoms with Gasteiger partial charge in [0.1, 0.15) is 17.3 Å². The molecule has 0 saturated carbocycles. The molecule has 0 radical (unpaired) electrons. The maximum absolute atomic E-state index is 12.1. The number of pyridine rings is 1. The standard InChI is InChI=1S/C17H18N2O3/c1-11-3-5-15(22-11)10-18-9-13-7-12-4-6-14(21-2)8-16(12)19-17(13)20/h3-8,18H,9-10H2,1-2H3,(H,19,20). The van der Waals surface area contributed by atoms with Crippen molar-refractivity contribution < 1.29 is 9.15 Å². The van der Waals surface area contributed by atoms with Crippen molar-refractivity contribution in [1.82, 2.24) is 10.3 Å². The van der Waals surface area contributed by atoms with Gasteiger partial charge in [-0.3, -0.25) is 4.79 Å². The normalized spacial score (nSPS) is 11.0. The van der Waals surface area contributed by atoms with E-state index in [0.717, 1.165) is 28.2 Å². The fourth-order valence-electron chi connectivity index (χ4n) is 2.38. The Morgan fingerprint density at radius 1 is 1.18 bits per heavy atom. The summed E-state index contributed by atoms with van der Waals surface area (Å²) in [6.07, 6.45) is 0. The van der Waals surface area contributed by atoms with Crippen LogP contribution in [0, 0.1) is 6.92 Å². The van der Waals surface area contributed by atoms with E-state index >= 15 is 0 Å². The van der Waals surface area contributed by atoms with Gasteiger partial charge in [0.25, 0.3) is 5.56 Å². The molecule has 0 spiro atoms. The largest absolute Gasteiger partial charge is 0.497 e. The van der Waals surface area contributed by atoms with Gasteiger partial charge in [0.15, 0.2) is 0 Å². The second kappa shape index (κ2) is 6.07. The topological polar surface area (TPSA) is 67.3 Å². The third-order valence-corrected chi connectivity index (χ3v) is 3.54. The zero-order valence-corrected chi connectivity index (χ0v) is 12.6. The van der Waals surface area contributed by atoms with Crippen molar-refractivity contribution in [1.29, 1.82) is 0 Å². The molecule has 0 atom stereocenters. The van der Waals surface area contributed by atoms with Crippen LogP contribution in [0.1, 0.15) is 17.1 Å². The summed E-state index contributed by atoms with van der Waals surface area (Å²) in [5.74, 6) is 2.47. The lowest BCUT2D eigenvalue weighted by Gasteiger charge is -2.06. The van der Waals surface area contributed by atoms with E-state index in [1.807, 2.05) is 43.3 Å². The highest BCUT2D eigenvalue weighted by Crippen LogP contribution is 2.18. The Bertz CT molecular complexity index is 848. The first-order valence-electron chi connectivity index (χ1n) is 7.12. The summed E-state index contributed by atoms with van der Waals surface area (Å²) in [5.41, 5.74) is 1.37.